The Balaban J connectivity index is 1.53. The van der Waals surface area contributed by atoms with E-state index in [0.29, 0.717) is 17.7 Å². The monoisotopic (exact) mass is 420 g/mol. The van der Waals surface area contributed by atoms with Crippen LogP contribution in [0.15, 0.2) is 42.5 Å². The van der Waals surface area contributed by atoms with Crippen LogP contribution >= 0.6 is 0 Å². The van der Waals surface area contributed by atoms with E-state index in [2.05, 4.69) is 0 Å². The Morgan fingerprint density at radius 3 is 2.37 bits per heavy atom. The lowest BCUT2D eigenvalue weighted by Crippen LogP contribution is -2.60. The van der Waals surface area contributed by atoms with Crippen molar-refractivity contribution >= 4 is 0 Å². The van der Waals surface area contributed by atoms with Crippen LogP contribution in [-0.2, 0) is 11.2 Å². The summed E-state index contributed by atoms with van der Waals surface area (Å²) in [4.78, 5) is 0. The van der Waals surface area contributed by atoms with Crippen molar-refractivity contribution in [3.8, 4) is 17.2 Å². The highest BCUT2D eigenvalue weighted by Gasteiger charge is 2.44. The minimum absolute atomic E-state index is 0.111. The predicted molar refractivity (Wildman–Crippen MR) is 102 cm³/mol. The maximum atomic E-state index is 10.5. The zero-order valence-corrected chi connectivity index (χ0v) is 15.9. The van der Waals surface area contributed by atoms with Crippen LogP contribution in [0.4, 0.5) is 0 Å². The first-order valence-electron chi connectivity index (χ1n) is 9.61. The van der Waals surface area contributed by atoms with Gasteiger partial charge in [-0.1, -0.05) is 18.2 Å². The molecule has 30 heavy (non-hydrogen) atoms. The van der Waals surface area contributed by atoms with E-state index in [1.165, 1.54) is 12.1 Å². The van der Waals surface area contributed by atoms with E-state index in [0.717, 1.165) is 5.56 Å². The second-order valence-electron chi connectivity index (χ2n) is 7.49. The molecule has 0 aliphatic carbocycles. The fourth-order valence-electron chi connectivity index (χ4n) is 3.69. The summed E-state index contributed by atoms with van der Waals surface area (Å²) in [6.45, 7) is -0.551. The standard InChI is InChI=1S/C21H24O9/c22-9-16-17(25)18(26)19(27)21(30-16)28-13-6-3-11-7-14(24)20(29-15(11)8-13)10-1-4-12(23)5-2-10/h1-6,8,14,16-27H,7,9H2/t14-,16-,17-,18+,19-,20-,21-/m1/s1. The fourth-order valence-corrected chi connectivity index (χ4v) is 3.69. The highest BCUT2D eigenvalue weighted by Crippen LogP contribution is 2.38. The van der Waals surface area contributed by atoms with Crippen LogP contribution in [0.3, 0.4) is 0 Å². The number of hydrogen-bond donors (Lipinski definition) is 6. The molecule has 2 aromatic rings. The average Bonchev–Trinajstić information content (AvgIpc) is 2.74. The molecule has 0 bridgehead atoms. The molecule has 6 N–H and O–H groups in total. The summed E-state index contributed by atoms with van der Waals surface area (Å²) in [5.74, 6) is 0.860. The van der Waals surface area contributed by atoms with Crippen molar-refractivity contribution in [1.29, 1.82) is 0 Å². The molecule has 9 heteroatoms. The summed E-state index contributed by atoms with van der Waals surface area (Å²) >= 11 is 0. The van der Waals surface area contributed by atoms with Crippen LogP contribution in [0.1, 0.15) is 17.2 Å². The molecule has 2 aromatic carbocycles. The minimum atomic E-state index is -1.54. The Kier molecular flexibility index (Phi) is 5.83. The number of aromatic hydroxyl groups is 1. The average molecular weight is 420 g/mol. The molecule has 0 unspecified atom stereocenters. The molecule has 2 aliphatic heterocycles. The number of phenols is 1. The lowest BCUT2D eigenvalue weighted by molar-refractivity contribution is -0.277. The van der Waals surface area contributed by atoms with Crippen LogP contribution in [0.25, 0.3) is 0 Å². The highest BCUT2D eigenvalue weighted by atomic mass is 16.7. The van der Waals surface area contributed by atoms with E-state index in [9.17, 15) is 30.6 Å². The summed E-state index contributed by atoms with van der Waals surface area (Å²) < 4.78 is 17.0. The predicted octanol–water partition coefficient (Wildman–Crippen LogP) is -0.392. The molecule has 4 rings (SSSR count). The van der Waals surface area contributed by atoms with Crippen molar-refractivity contribution in [3.63, 3.8) is 0 Å². The van der Waals surface area contributed by atoms with Crippen molar-refractivity contribution in [3.05, 3.63) is 53.6 Å². The van der Waals surface area contributed by atoms with Crippen LogP contribution in [0.5, 0.6) is 17.2 Å². The molecular weight excluding hydrogens is 396 g/mol. The SMILES string of the molecule is OC[C@H]1O[C@@H](Oc2ccc3c(c2)O[C@H](c2ccc(O)cc2)[C@H](O)C3)[C@H](O)[C@@H](O)[C@@H]1O. The Hall–Kier alpha value is -2.40. The first-order chi connectivity index (χ1) is 14.4. The lowest BCUT2D eigenvalue weighted by atomic mass is 9.94. The van der Waals surface area contributed by atoms with E-state index in [1.54, 1.807) is 30.3 Å². The number of hydrogen-bond acceptors (Lipinski definition) is 9. The van der Waals surface area contributed by atoms with Crippen molar-refractivity contribution in [2.75, 3.05) is 6.61 Å². The number of rotatable bonds is 4. The van der Waals surface area contributed by atoms with Gasteiger partial charge < -0.3 is 44.8 Å². The molecule has 0 aromatic heterocycles. The quantitative estimate of drug-likeness (QED) is 0.389. The third-order valence-electron chi connectivity index (χ3n) is 5.39. The normalized spacial score (nSPS) is 33.4. The Morgan fingerprint density at radius 1 is 0.933 bits per heavy atom. The smallest absolute Gasteiger partial charge is 0.229 e. The van der Waals surface area contributed by atoms with E-state index in [-0.39, 0.29) is 11.5 Å². The first kappa shape index (κ1) is 20.9. The van der Waals surface area contributed by atoms with Crippen LogP contribution < -0.4 is 9.47 Å². The number of aliphatic hydroxyl groups excluding tert-OH is 5. The van der Waals surface area contributed by atoms with Gasteiger partial charge >= 0.3 is 0 Å². The highest BCUT2D eigenvalue weighted by molar-refractivity contribution is 5.44. The van der Waals surface area contributed by atoms with Gasteiger partial charge in [-0.05, 0) is 29.3 Å². The molecule has 1 fully saturated rings. The van der Waals surface area contributed by atoms with Gasteiger partial charge in [0.1, 0.15) is 47.8 Å². The largest absolute Gasteiger partial charge is 0.508 e. The zero-order valence-electron chi connectivity index (χ0n) is 15.9. The van der Waals surface area contributed by atoms with Crippen molar-refractivity contribution in [1.82, 2.24) is 0 Å². The Labute approximate surface area is 172 Å². The van der Waals surface area contributed by atoms with Gasteiger partial charge in [0.15, 0.2) is 0 Å². The summed E-state index contributed by atoms with van der Waals surface area (Å²) in [6.07, 6.45) is -7.97. The molecule has 7 atom stereocenters. The number of phenolic OH excluding ortho intramolecular Hbond substituents is 1. The molecule has 0 radical (unpaired) electrons. The van der Waals surface area contributed by atoms with E-state index in [4.69, 9.17) is 14.2 Å². The van der Waals surface area contributed by atoms with Crippen LogP contribution in [0.2, 0.25) is 0 Å². The van der Waals surface area contributed by atoms with E-state index in [1.807, 2.05) is 0 Å². The third-order valence-corrected chi connectivity index (χ3v) is 5.39. The van der Waals surface area contributed by atoms with Crippen molar-refractivity contribution in [2.45, 2.75) is 49.3 Å². The summed E-state index contributed by atoms with van der Waals surface area (Å²) in [5, 5.41) is 59.1. The molecule has 0 spiro atoms. The first-order valence-corrected chi connectivity index (χ1v) is 9.61. The van der Waals surface area contributed by atoms with Gasteiger partial charge in [-0.25, -0.2) is 0 Å². The number of ether oxygens (including phenoxy) is 3. The van der Waals surface area contributed by atoms with Gasteiger partial charge in [-0.15, -0.1) is 0 Å². The van der Waals surface area contributed by atoms with Gasteiger partial charge in [0, 0.05) is 12.5 Å². The molecule has 2 heterocycles. The Morgan fingerprint density at radius 2 is 1.67 bits per heavy atom. The molecule has 0 amide bonds. The maximum Gasteiger partial charge on any atom is 0.229 e. The van der Waals surface area contributed by atoms with Crippen molar-refractivity contribution in [2.24, 2.45) is 0 Å². The number of benzene rings is 2. The number of fused-ring (bicyclic) bond motifs is 1. The summed E-state index contributed by atoms with van der Waals surface area (Å²) in [6, 6.07) is 11.3. The second kappa shape index (κ2) is 8.38. The van der Waals surface area contributed by atoms with Gasteiger partial charge in [0.2, 0.25) is 6.29 Å². The van der Waals surface area contributed by atoms with Gasteiger partial charge in [0.05, 0.1) is 12.7 Å². The number of aliphatic hydroxyl groups is 5. The maximum absolute atomic E-state index is 10.5. The van der Waals surface area contributed by atoms with Gasteiger partial charge in [-0.3, -0.25) is 0 Å². The Bertz CT molecular complexity index is 869. The molecule has 1 saturated heterocycles. The third kappa shape index (κ3) is 3.95. The molecule has 0 saturated carbocycles. The van der Waals surface area contributed by atoms with Crippen LogP contribution in [0, 0.1) is 0 Å². The van der Waals surface area contributed by atoms with Crippen LogP contribution in [-0.4, -0.2) is 74.1 Å². The molecular formula is C21H24O9. The van der Waals surface area contributed by atoms with E-state index >= 15 is 0 Å². The molecule has 2 aliphatic rings. The second-order valence-corrected chi connectivity index (χ2v) is 7.49. The van der Waals surface area contributed by atoms with Gasteiger partial charge in [-0.2, -0.15) is 0 Å². The van der Waals surface area contributed by atoms with Crippen molar-refractivity contribution < 1.29 is 44.8 Å². The molecule has 162 valence electrons. The fraction of sp³-hybridized carbons (Fsp3) is 0.429. The zero-order chi connectivity index (χ0) is 21.4. The topological polar surface area (TPSA) is 149 Å². The van der Waals surface area contributed by atoms with E-state index < -0.39 is 49.5 Å². The summed E-state index contributed by atoms with van der Waals surface area (Å²) in [5.41, 5.74) is 1.46. The van der Waals surface area contributed by atoms with Gasteiger partial charge in [0.25, 0.3) is 0 Å². The lowest BCUT2D eigenvalue weighted by Gasteiger charge is -2.39. The summed E-state index contributed by atoms with van der Waals surface area (Å²) in [7, 11) is 0. The minimum Gasteiger partial charge on any atom is -0.508 e. The molecule has 9 nitrogen and oxygen atoms in total.